The van der Waals surface area contributed by atoms with Gasteiger partial charge in [0.25, 0.3) is 0 Å². The zero-order valence-electron chi connectivity index (χ0n) is 9.99. The Kier molecular flexibility index (Phi) is 3.09. The second kappa shape index (κ2) is 4.74. The number of nitrogens with zero attached hydrogens (tertiary/aromatic N) is 2. The lowest BCUT2D eigenvalue weighted by molar-refractivity contribution is 0.604. The number of aromatic nitrogens is 2. The Balaban J connectivity index is 2.11. The third-order valence-corrected chi connectivity index (χ3v) is 3.75. The van der Waals surface area contributed by atoms with Gasteiger partial charge in [-0.3, -0.25) is 0 Å². The molecule has 94 valence electrons. The van der Waals surface area contributed by atoms with E-state index in [0.717, 1.165) is 46.9 Å². The van der Waals surface area contributed by atoms with E-state index in [0.29, 0.717) is 6.54 Å². The van der Waals surface area contributed by atoms with Crippen molar-refractivity contribution in [2.45, 2.75) is 19.5 Å². The van der Waals surface area contributed by atoms with E-state index in [4.69, 9.17) is 5.73 Å². The molecule has 1 aliphatic rings. The van der Waals surface area contributed by atoms with Crippen LogP contribution in [0.4, 0.5) is 5.95 Å². The average molecular weight is 307 g/mol. The maximum Gasteiger partial charge on any atom is 0.203 e. The lowest BCUT2D eigenvalue weighted by Gasteiger charge is -2.17. The zero-order valence-corrected chi connectivity index (χ0v) is 11.6. The monoisotopic (exact) mass is 306 g/mol. The van der Waals surface area contributed by atoms with Gasteiger partial charge in [-0.2, -0.15) is 0 Å². The SMILES string of the molecule is NCc1c(-c2ccc(Br)cc2)nc2n1CCCN2. The van der Waals surface area contributed by atoms with E-state index in [9.17, 15) is 0 Å². The fraction of sp³-hybridized carbons (Fsp3) is 0.308. The third-order valence-electron chi connectivity index (χ3n) is 3.23. The summed E-state index contributed by atoms with van der Waals surface area (Å²) in [6, 6.07) is 8.19. The lowest BCUT2D eigenvalue weighted by atomic mass is 10.1. The molecule has 2 aromatic rings. The highest BCUT2D eigenvalue weighted by atomic mass is 79.9. The molecular formula is C13H15BrN4. The summed E-state index contributed by atoms with van der Waals surface area (Å²) in [5, 5.41) is 3.33. The van der Waals surface area contributed by atoms with E-state index in [2.05, 4.69) is 42.9 Å². The van der Waals surface area contributed by atoms with Gasteiger partial charge < -0.3 is 15.6 Å². The Morgan fingerprint density at radius 2 is 2.11 bits per heavy atom. The van der Waals surface area contributed by atoms with Crippen LogP contribution in [0.15, 0.2) is 28.7 Å². The number of rotatable bonds is 2. The number of fused-ring (bicyclic) bond motifs is 1. The molecule has 0 aliphatic carbocycles. The smallest absolute Gasteiger partial charge is 0.203 e. The zero-order chi connectivity index (χ0) is 12.5. The first kappa shape index (κ1) is 11.7. The van der Waals surface area contributed by atoms with Crippen LogP contribution >= 0.6 is 15.9 Å². The van der Waals surface area contributed by atoms with Gasteiger partial charge in [-0.1, -0.05) is 28.1 Å². The Morgan fingerprint density at radius 3 is 2.83 bits per heavy atom. The highest BCUT2D eigenvalue weighted by Gasteiger charge is 2.19. The predicted molar refractivity (Wildman–Crippen MR) is 76.4 cm³/mol. The van der Waals surface area contributed by atoms with Crippen molar-refractivity contribution in [3.05, 3.63) is 34.4 Å². The molecule has 0 atom stereocenters. The number of anilines is 1. The number of imidazole rings is 1. The second-order valence-corrected chi connectivity index (χ2v) is 5.29. The largest absolute Gasteiger partial charge is 0.356 e. The van der Waals surface area contributed by atoms with E-state index >= 15 is 0 Å². The predicted octanol–water partition coefficient (Wildman–Crippen LogP) is 2.59. The molecule has 18 heavy (non-hydrogen) atoms. The molecule has 2 heterocycles. The van der Waals surface area contributed by atoms with Crippen molar-refractivity contribution in [3.8, 4) is 11.3 Å². The number of halogens is 1. The summed E-state index contributed by atoms with van der Waals surface area (Å²) in [4.78, 5) is 4.68. The highest BCUT2D eigenvalue weighted by molar-refractivity contribution is 9.10. The van der Waals surface area contributed by atoms with Crippen LogP contribution in [-0.4, -0.2) is 16.1 Å². The molecule has 0 saturated carbocycles. The molecule has 3 rings (SSSR count). The van der Waals surface area contributed by atoms with Crippen LogP contribution in [0.5, 0.6) is 0 Å². The van der Waals surface area contributed by atoms with Crippen LogP contribution < -0.4 is 11.1 Å². The van der Waals surface area contributed by atoms with E-state index < -0.39 is 0 Å². The molecule has 0 fully saturated rings. The lowest BCUT2D eigenvalue weighted by Crippen LogP contribution is -2.19. The number of hydrogen-bond acceptors (Lipinski definition) is 3. The molecule has 0 unspecified atom stereocenters. The molecule has 1 aromatic carbocycles. The van der Waals surface area contributed by atoms with Crippen molar-refractivity contribution < 1.29 is 0 Å². The van der Waals surface area contributed by atoms with Gasteiger partial charge in [-0.25, -0.2) is 4.98 Å². The first-order valence-corrected chi connectivity index (χ1v) is 6.88. The summed E-state index contributed by atoms with van der Waals surface area (Å²) in [5.74, 6) is 0.944. The Morgan fingerprint density at radius 1 is 1.33 bits per heavy atom. The number of nitrogens with two attached hydrogens (primary N) is 1. The number of benzene rings is 1. The summed E-state index contributed by atoms with van der Waals surface area (Å²) < 4.78 is 3.27. The Bertz CT molecular complexity index is 559. The fourth-order valence-corrected chi connectivity index (χ4v) is 2.61. The number of nitrogens with one attached hydrogen (secondary N) is 1. The van der Waals surface area contributed by atoms with Crippen molar-refractivity contribution in [1.82, 2.24) is 9.55 Å². The van der Waals surface area contributed by atoms with Gasteiger partial charge in [0, 0.05) is 29.7 Å². The topological polar surface area (TPSA) is 55.9 Å². The van der Waals surface area contributed by atoms with E-state index in [1.165, 1.54) is 0 Å². The second-order valence-electron chi connectivity index (χ2n) is 4.37. The van der Waals surface area contributed by atoms with Crippen LogP contribution in [0.2, 0.25) is 0 Å². The molecule has 0 saturated heterocycles. The quantitative estimate of drug-likeness (QED) is 0.896. The first-order chi connectivity index (χ1) is 8.79. The van der Waals surface area contributed by atoms with Gasteiger partial charge in [0.15, 0.2) is 0 Å². The molecule has 5 heteroatoms. The molecule has 3 N–H and O–H groups in total. The molecule has 4 nitrogen and oxygen atoms in total. The van der Waals surface area contributed by atoms with Gasteiger partial charge in [-0.15, -0.1) is 0 Å². The minimum Gasteiger partial charge on any atom is -0.356 e. The number of hydrogen-bond donors (Lipinski definition) is 2. The molecule has 1 aromatic heterocycles. The minimum atomic E-state index is 0.514. The molecule has 1 aliphatic heterocycles. The van der Waals surface area contributed by atoms with Crippen LogP contribution in [0.1, 0.15) is 12.1 Å². The van der Waals surface area contributed by atoms with Crippen LogP contribution in [-0.2, 0) is 13.1 Å². The highest BCUT2D eigenvalue weighted by Crippen LogP contribution is 2.29. The normalized spacial score (nSPS) is 14.1. The van der Waals surface area contributed by atoms with Crippen molar-refractivity contribution in [2.75, 3.05) is 11.9 Å². The molecule has 0 radical (unpaired) electrons. The van der Waals surface area contributed by atoms with E-state index in [1.807, 2.05) is 12.1 Å². The summed E-state index contributed by atoms with van der Waals surface area (Å²) >= 11 is 3.45. The molecule has 0 spiro atoms. The van der Waals surface area contributed by atoms with E-state index in [1.54, 1.807) is 0 Å². The van der Waals surface area contributed by atoms with Crippen molar-refractivity contribution >= 4 is 21.9 Å². The molecular weight excluding hydrogens is 292 g/mol. The Hall–Kier alpha value is -1.33. The summed E-state index contributed by atoms with van der Waals surface area (Å²) in [6.07, 6.45) is 1.12. The molecule has 0 bridgehead atoms. The van der Waals surface area contributed by atoms with Gasteiger partial charge >= 0.3 is 0 Å². The summed E-state index contributed by atoms with van der Waals surface area (Å²) in [5.41, 5.74) is 9.11. The maximum atomic E-state index is 5.89. The van der Waals surface area contributed by atoms with Crippen molar-refractivity contribution in [1.29, 1.82) is 0 Å². The third kappa shape index (κ3) is 1.93. The van der Waals surface area contributed by atoms with Gasteiger partial charge in [-0.05, 0) is 18.6 Å². The van der Waals surface area contributed by atoms with E-state index in [-0.39, 0.29) is 0 Å². The standard InChI is InChI=1S/C13H15BrN4/c14-10-4-2-9(3-5-10)12-11(8-15)18-7-1-6-16-13(18)17-12/h2-5H,1,6-8,15H2,(H,16,17). The van der Waals surface area contributed by atoms with Crippen LogP contribution in [0.3, 0.4) is 0 Å². The van der Waals surface area contributed by atoms with Crippen LogP contribution in [0, 0.1) is 0 Å². The Labute approximate surface area is 114 Å². The van der Waals surface area contributed by atoms with Crippen molar-refractivity contribution in [2.24, 2.45) is 5.73 Å². The summed E-state index contributed by atoms with van der Waals surface area (Å²) in [7, 11) is 0. The minimum absolute atomic E-state index is 0.514. The fourth-order valence-electron chi connectivity index (χ4n) is 2.35. The first-order valence-electron chi connectivity index (χ1n) is 6.09. The van der Waals surface area contributed by atoms with Crippen molar-refractivity contribution in [3.63, 3.8) is 0 Å². The average Bonchev–Trinajstić information content (AvgIpc) is 2.78. The van der Waals surface area contributed by atoms with Gasteiger partial charge in [0.2, 0.25) is 5.95 Å². The maximum absolute atomic E-state index is 5.89. The molecule has 0 amide bonds. The van der Waals surface area contributed by atoms with Crippen LogP contribution in [0.25, 0.3) is 11.3 Å². The summed E-state index contributed by atoms with van der Waals surface area (Å²) in [6.45, 7) is 2.50. The van der Waals surface area contributed by atoms with Gasteiger partial charge in [0.05, 0.1) is 11.4 Å². The van der Waals surface area contributed by atoms with Gasteiger partial charge in [0.1, 0.15) is 0 Å².